The summed E-state index contributed by atoms with van der Waals surface area (Å²) in [5.74, 6) is -1.42. The predicted molar refractivity (Wildman–Crippen MR) is 157 cm³/mol. The van der Waals surface area contributed by atoms with Crippen molar-refractivity contribution in [3.8, 4) is 0 Å². The molecule has 8 heteroatoms. The molecule has 1 unspecified atom stereocenters. The number of rotatable bonds is 9. The summed E-state index contributed by atoms with van der Waals surface area (Å²) in [6.07, 6.45) is 3.26. The van der Waals surface area contributed by atoms with Gasteiger partial charge in [-0.25, -0.2) is 13.2 Å². The summed E-state index contributed by atoms with van der Waals surface area (Å²) in [5, 5.41) is 18.3. The van der Waals surface area contributed by atoms with E-state index in [1.54, 1.807) is 18.2 Å². The van der Waals surface area contributed by atoms with Gasteiger partial charge in [-0.05, 0) is 27.7 Å². The summed E-state index contributed by atoms with van der Waals surface area (Å²) in [6.45, 7) is 5.98. The monoisotopic (exact) mass is 570 g/mol. The zero-order valence-electron chi connectivity index (χ0n) is 23.4. The molecule has 0 fully saturated rings. The minimum Gasteiger partial charge on any atom is -0.507 e. The topological polar surface area (TPSA) is 109 Å². The lowest BCUT2D eigenvalue weighted by molar-refractivity contribution is -0.148. The van der Waals surface area contributed by atoms with E-state index in [0.29, 0.717) is 18.4 Å². The molecule has 4 aromatic rings. The first kappa shape index (κ1) is 28.4. The van der Waals surface area contributed by atoms with Gasteiger partial charge in [0, 0.05) is 25.0 Å². The van der Waals surface area contributed by atoms with E-state index >= 15 is 0 Å². The number of aliphatic hydroxyl groups is 1. The molecule has 5 rings (SSSR count). The average Bonchev–Trinajstić information content (AvgIpc) is 3.54. The highest BCUT2D eigenvalue weighted by Crippen LogP contribution is 2.49. The Morgan fingerprint density at radius 1 is 0.902 bits per heavy atom. The molecule has 0 spiro atoms. The van der Waals surface area contributed by atoms with Gasteiger partial charge in [0.2, 0.25) is 0 Å². The van der Waals surface area contributed by atoms with Gasteiger partial charge < -0.3 is 9.84 Å². The van der Waals surface area contributed by atoms with Crippen molar-refractivity contribution in [1.82, 2.24) is 10.2 Å². The number of hydrogen-bond acceptors (Lipinski definition) is 6. The fraction of sp³-hybridized carbons (Fsp3) is 0.273. The second-order valence-corrected chi connectivity index (χ2v) is 13.7. The van der Waals surface area contributed by atoms with Crippen molar-refractivity contribution < 1.29 is 23.1 Å². The number of carbonyl (C=O) groups is 1. The predicted octanol–water partition coefficient (Wildman–Crippen LogP) is 6.11. The summed E-state index contributed by atoms with van der Waals surface area (Å²) >= 11 is 0. The molecule has 0 bridgehead atoms. The Balaban J connectivity index is 1.59. The molecule has 2 N–H and O–H groups in total. The lowest BCUT2D eigenvalue weighted by atomic mass is 9.71. The number of aromatic amines is 1. The Morgan fingerprint density at radius 2 is 1.49 bits per heavy atom. The van der Waals surface area contributed by atoms with Crippen LogP contribution in [0, 0.1) is 5.41 Å². The fourth-order valence-corrected chi connectivity index (χ4v) is 6.94. The van der Waals surface area contributed by atoms with E-state index in [-0.39, 0.29) is 22.0 Å². The largest absolute Gasteiger partial charge is 0.507 e. The number of nitrogens with one attached hydrogen (secondary N) is 1. The second kappa shape index (κ2) is 11.0. The van der Waals surface area contributed by atoms with Crippen LogP contribution in [0.25, 0.3) is 0 Å². The summed E-state index contributed by atoms with van der Waals surface area (Å²) < 4.78 is 32.1. The van der Waals surface area contributed by atoms with Gasteiger partial charge in [-0.15, -0.1) is 0 Å². The number of aromatic nitrogens is 2. The maximum atomic E-state index is 13.8. The Kier molecular flexibility index (Phi) is 7.62. The molecule has 2 heterocycles. The molecule has 41 heavy (non-hydrogen) atoms. The molecule has 1 aliphatic heterocycles. The van der Waals surface area contributed by atoms with Gasteiger partial charge in [0.25, 0.3) is 0 Å². The third-order valence-electron chi connectivity index (χ3n) is 7.49. The van der Waals surface area contributed by atoms with Crippen LogP contribution in [0.1, 0.15) is 48.9 Å². The van der Waals surface area contributed by atoms with Crippen LogP contribution in [0.2, 0.25) is 0 Å². The number of aliphatic hydroxyl groups excluding tert-OH is 1. The van der Waals surface area contributed by atoms with Crippen LogP contribution in [0.3, 0.4) is 0 Å². The van der Waals surface area contributed by atoms with Crippen LogP contribution in [-0.2, 0) is 38.0 Å². The molecule has 0 saturated heterocycles. The molecule has 1 atom stereocenters. The van der Waals surface area contributed by atoms with E-state index in [9.17, 15) is 18.3 Å². The highest BCUT2D eigenvalue weighted by molar-refractivity contribution is 7.90. The van der Waals surface area contributed by atoms with E-state index in [2.05, 4.69) is 10.2 Å². The van der Waals surface area contributed by atoms with Crippen molar-refractivity contribution in [2.24, 2.45) is 5.41 Å². The lowest BCUT2D eigenvalue weighted by Gasteiger charge is -2.32. The third-order valence-corrected chi connectivity index (χ3v) is 9.14. The summed E-state index contributed by atoms with van der Waals surface area (Å²) in [7, 11) is -3.62. The number of cyclic esters (lactones) is 1. The molecule has 0 amide bonds. The summed E-state index contributed by atoms with van der Waals surface area (Å²) in [5.41, 5.74) is 1.58. The third kappa shape index (κ3) is 5.98. The standard InChI is InChI=1S/C33H34N2O5S/c1-32(2,3)29(26-16-10-15-25(17-26)22-41(38,39)27-20-34-35-21-27)28-30(36)33(40-31(28)37,18-23-11-6-4-7-12-23)19-24-13-8-5-9-14-24/h4-17,20-21,29,36H,18-19,22H2,1-3H3,(H,34,35). The van der Waals surface area contributed by atoms with E-state index < -0.39 is 32.7 Å². The Hall–Kier alpha value is -4.17. The van der Waals surface area contributed by atoms with Crippen molar-refractivity contribution in [2.45, 2.75) is 55.8 Å². The molecule has 212 valence electrons. The van der Waals surface area contributed by atoms with Crippen LogP contribution in [-0.4, -0.2) is 35.3 Å². The van der Waals surface area contributed by atoms with Crippen molar-refractivity contribution in [1.29, 1.82) is 0 Å². The summed E-state index contributed by atoms with van der Waals surface area (Å²) in [6, 6.07) is 26.6. The number of ether oxygens (including phenoxy) is 1. The van der Waals surface area contributed by atoms with Gasteiger partial charge in [0.1, 0.15) is 10.7 Å². The van der Waals surface area contributed by atoms with Gasteiger partial charge in [-0.2, -0.15) is 5.10 Å². The van der Waals surface area contributed by atoms with Crippen LogP contribution in [0.4, 0.5) is 0 Å². The van der Waals surface area contributed by atoms with Gasteiger partial charge >= 0.3 is 5.97 Å². The molecule has 0 radical (unpaired) electrons. The van der Waals surface area contributed by atoms with Crippen molar-refractivity contribution in [3.05, 3.63) is 131 Å². The number of carbonyl (C=O) groups excluding carboxylic acids is 1. The Labute approximate surface area is 240 Å². The van der Waals surface area contributed by atoms with E-state index in [0.717, 1.165) is 16.7 Å². The molecule has 1 aliphatic rings. The smallest absolute Gasteiger partial charge is 0.339 e. The molecule has 0 aliphatic carbocycles. The summed E-state index contributed by atoms with van der Waals surface area (Å²) in [4.78, 5) is 13.9. The van der Waals surface area contributed by atoms with Crippen molar-refractivity contribution in [2.75, 3.05) is 0 Å². The zero-order valence-corrected chi connectivity index (χ0v) is 24.2. The molecule has 0 saturated carbocycles. The van der Waals surface area contributed by atoms with E-state index in [1.165, 1.54) is 12.4 Å². The molecule has 1 aromatic heterocycles. The molecular weight excluding hydrogens is 536 g/mol. The number of nitrogens with zero attached hydrogens (tertiary/aromatic N) is 1. The Bertz CT molecular complexity index is 1610. The average molecular weight is 571 g/mol. The van der Waals surface area contributed by atoms with E-state index in [4.69, 9.17) is 4.74 Å². The number of esters is 1. The first-order valence-corrected chi connectivity index (χ1v) is 15.2. The highest BCUT2D eigenvalue weighted by atomic mass is 32.2. The van der Waals surface area contributed by atoms with Gasteiger partial charge in [0.05, 0.1) is 17.5 Å². The van der Waals surface area contributed by atoms with E-state index in [1.807, 2.05) is 87.5 Å². The van der Waals surface area contributed by atoms with Crippen LogP contribution in [0.5, 0.6) is 0 Å². The van der Waals surface area contributed by atoms with Crippen LogP contribution in [0.15, 0.2) is 114 Å². The molecule has 3 aromatic carbocycles. The minimum atomic E-state index is -3.62. The van der Waals surface area contributed by atoms with Gasteiger partial charge in [-0.1, -0.05) is 106 Å². The quantitative estimate of drug-likeness (QED) is 0.235. The maximum absolute atomic E-state index is 13.8. The minimum absolute atomic E-state index is 0.0773. The lowest BCUT2D eigenvalue weighted by Crippen LogP contribution is -2.37. The fourth-order valence-electron chi connectivity index (χ4n) is 5.70. The first-order chi connectivity index (χ1) is 19.5. The first-order valence-electron chi connectivity index (χ1n) is 13.5. The molecular formula is C33H34N2O5S. The second-order valence-electron chi connectivity index (χ2n) is 11.7. The van der Waals surface area contributed by atoms with Crippen molar-refractivity contribution in [3.63, 3.8) is 0 Å². The molecule has 7 nitrogen and oxygen atoms in total. The number of benzene rings is 3. The maximum Gasteiger partial charge on any atom is 0.339 e. The van der Waals surface area contributed by atoms with Crippen LogP contribution < -0.4 is 0 Å². The normalized spacial score (nSPS) is 16.0. The Morgan fingerprint density at radius 3 is 2.02 bits per heavy atom. The van der Waals surface area contributed by atoms with Crippen LogP contribution >= 0.6 is 0 Å². The van der Waals surface area contributed by atoms with Crippen molar-refractivity contribution >= 4 is 15.8 Å². The highest BCUT2D eigenvalue weighted by Gasteiger charge is 2.52. The van der Waals surface area contributed by atoms with Gasteiger partial charge in [-0.3, -0.25) is 5.10 Å². The number of H-pyrrole nitrogens is 1. The zero-order chi connectivity index (χ0) is 29.3. The SMILES string of the molecule is CC(C)(C)C(C1=C(O)C(Cc2ccccc2)(Cc2ccccc2)OC1=O)c1cccc(CS(=O)(=O)c2cn[nH]c2)c1. The number of sulfone groups is 1. The number of hydrogen-bond donors (Lipinski definition) is 2. The van der Waals surface area contributed by atoms with Gasteiger partial charge in [0.15, 0.2) is 15.4 Å².